The predicted molar refractivity (Wildman–Crippen MR) is 111 cm³/mol. The summed E-state index contributed by atoms with van der Waals surface area (Å²) in [5.74, 6) is 0.441. The average molecular weight is 455 g/mol. The first-order chi connectivity index (χ1) is 15.6. The Bertz CT molecular complexity index is 1260. The van der Waals surface area contributed by atoms with Crippen LogP contribution < -0.4 is 0 Å². The summed E-state index contributed by atoms with van der Waals surface area (Å²) >= 11 is 0. The van der Waals surface area contributed by atoms with Gasteiger partial charge in [-0.3, -0.25) is 24.8 Å². The van der Waals surface area contributed by atoms with Crippen LogP contribution in [0.5, 0.6) is 0 Å². The van der Waals surface area contributed by atoms with Crippen molar-refractivity contribution in [2.75, 3.05) is 0 Å². The molecule has 0 bridgehead atoms. The molecule has 1 aromatic heterocycles. The Morgan fingerprint density at radius 2 is 1.06 bits per heavy atom. The van der Waals surface area contributed by atoms with Crippen LogP contribution in [0.15, 0.2) is 72.8 Å². The minimum Gasteiger partial charge on any atom is -0.275 e. The first-order valence-electron chi connectivity index (χ1n) is 9.28. The maximum atomic E-state index is 13.0. The summed E-state index contributed by atoms with van der Waals surface area (Å²) in [5, 5.41) is 30.2. The van der Waals surface area contributed by atoms with E-state index in [1.807, 2.05) is 0 Å². The van der Waals surface area contributed by atoms with Gasteiger partial charge in [0.25, 0.3) is 11.4 Å². The summed E-state index contributed by atoms with van der Waals surface area (Å²) in [6, 6.07) is 15.2. The van der Waals surface area contributed by atoms with Gasteiger partial charge >= 0.3 is 6.18 Å². The molecule has 0 spiro atoms. The molecule has 0 aliphatic rings. The molecule has 33 heavy (non-hydrogen) atoms. The fourth-order valence-corrected chi connectivity index (χ4v) is 3.17. The van der Waals surface area contributed by atoms with Gasteiger partial charge in [-0.05, 0) is 48.5 Å². The van der Waals surface area contributed by atoms with Gasteiger partial charge in [-0.1, -0.05) is 0 Å². The van der Waals surface area contributed by atoms with Crippen LogP contribution in [0.2, 0.25) is 0 Å². The molecular weight excluding hydrogens is 443 g/mol. The topological polar surface area (TPSA) is 117 Å². The monoisotopic (exact) mass is 455 g/mol. The summed E-state index contributed by atoms with van der Waals surface area (Å²) in [5.41, 5.74) is 0.0370. The molecule has 0 saturated heterocycles. The van der Waals surface area contributed by atoms with E-state index >= 15 is 0 Å². The number of hydrogen-bond donors (Lipinski definition) is 0. The Hall–Kier alpha value is -4.61. The third-order valence-electron chi connectivity index (χ3n) is 4.79. The second kappa shape index (κ2) is 8.15. The zero-order valence-electron chi connectivity index (χ0n) is 16.4. The number of nitrogens with zero attached hydrogens (tertiary/aromatic N) is 5. The third-order valence-corrected chi connectivity index (χ3v) is 4.79. The van der Waals surface area contributed by atoms with E-state index in [-0.39, 0.29) is 23.0 Å². The maximum Gasteiger partial charge on any atom is 0.416 e. The van der Waals surface area contributed by atoms with Crippen molar-refractivity contribution in [2.24, 2.45) is 0 Å². The normalized spacial score (nSPS) is 11.4. The Balaban J connectivity index is 1.87. The number of nitro groups is 2. The third kappa shape index (κ3) is 4.26. The van der Waals surface area contributed by atoms with Gasteiger partial charge in [0.2, 0.25) is 0 Å². The molecule has 4 aromatic rings. The molecule has 0 radical (unpaired) electrons. The van der Waals surface area contributed by atoms with Gasteiger partial charge < -0.3 is 0 Å². The molecule has 166 valence electrons. The van der Waals surface area contributed by atoms with E-state index in [0.29, 0.717) is 16.8 Å². The van der Waals surface area contributed by atoms with Gasteiger partial charge in [-0.2, -0.15) is 13.2 Å². The first kappa shape index (κ1) is 21.6. The molecule has 0 aliphatic heterocycles. The van der Waals surface area contributed by atoms with Gasteiger partial charge in [0.05, 0.1) is 15.4 Å². The summed E-state index contributed by atoms with van der Waals surface area (Å²) in [6.07, 6.45) is -4.52. The van der Waals surface area contributed by atoms with Gasteiger partial charge in [0.1, 0.15) is 0 Å². The van der Waals surface area contributed by atoms with E-state index in [1.54, 1.807) is 0 Å². The van der Waals surface area contributed by atoms with Crippen molar-refractivity contribution in [1.82, 2.24) is 14.8 Å². The fraction of sp³-hybridized carbons (Fsp3) is 0.0476. The number of halogens is 3. The highest BCUT2D eigenvalue weighted by Gasteiger charge is 2.30. The zero-order valence-corrected chi connectivity index (χ0v) is 16.4. The van der Waals surface area contributed by atoms with Crippen molar-refractivity contribution < 1.29 is 23.0 Å². The Labute approximate surface area is 183 Å². The lowest BCUT2D eigenvalue weighted by Crippen LogP contribution is -2.06. The van der Waals surface area contributed by atoms with E-state index in [0.717, 1.165) is 12.1 Å². The van der Waals surface area contributed by atoms with Crippen LogP contribution in [0.4, 0.5) is 24.5 Å². The second-order valence-electron chi connectivity index (χ2n) is 6.84. The smallest absolute Gasteiger partial charge is 0.275 e. The minimum atomic E-state index is -4.52. The van der Waals surface area contributed by atoms with E-state index in [4.69, 9.17) is 0 Å². The van der Waals surface area contributed by atoms with Crippen LogP contribution in [0, 0.1) is 20.2 Å². The van der Waals surface area contributed by atoms with Crippen molar-refractivity contribution in [1.29, 1.82) is 0 Å². The van der Waals surface area contributed by atoms with Crippen LogP contribution in [-0.2, 0) is 6.18 Å². The van der Waals surface area contributed by atoms with Crippen LogP contribution in [0.25, 0.3) is 28.5 Å². The van der Waals surface area contributed by atoms with Gasteiger partial charge in [-0.25, -0.2) is 0 Å². The van der Waals surface area contributed by atoms with Crippen LogP contribution in [0.1, 0.15) is 5.56 Å². The molecule has 12 heteroatoms. The molecule has 0 atom stereocenters. The molecule has 0 fully saturated rings. The van der Waals surface area contributed by atoms with Gasteiger partial charge in [0, 0.05) is 41.1 Å². The Morgan fingerprint density at radius 1 is 0.667 bits per heavy atom. The van der Waals surface area contributed by atoms with Crippen LogP contribution in [-0.4, -0.2) is 24.6 Å². The molecule has 3 aromatic carbocycles. The minimum absolute atomic E-state index is 0.144. The molecule has 0 unspecified atom stereocenters. The molecule has 9 nitrogen and oxygen atoms in total. The summed E-state index contributed by atoms with van der Waals surface area (Å²) in [7, 11) is 0. The quantitative estimate of drug-likeness (QED) is 0.292. The number of nitro benzene ring substituents is 2. The van der Waals surface area contributed by atoms with E-state index in [1.165, 1.54) is 65.2 Å². The lowest BCUT2D eigenvalue weighted by molar-refractivity contribution is -0.385. The van der Waals surface area contributed by atoms with Crippen molar-refractivity contribution in [3.8, 4) is 28.5 Å². The van der Waals surface area contributed by atoms with Gasteiger partial charge in [-0.15, -0.1) is 10.2 Å². The first-order valence-corrected chi connectivity index (χ1v) is 9.28. The van der Waals surface area contributed by atoms with Crippen LogP contribution in [0.3, 0.4) is 0 Å². The molecular formula is C21H12F3N5O4. The number of aromatic nitrogens is 3. The molecule has 0 aliphatic carbocycles. The Morgan fingerprint density at radius 3 is 1.39 bits per heavy atom. The van der Waals surface area contributed by atoms with E-state index < -0.39 is 21.6 Å². The fourth-order valence-electron chi connectivity index (χ4n) is 3.17. The summed E-state index contributed by atoms with van der Waals surface area (Å²) < 4.78 is 40.5. The Kier molecular flexibility index (Phi) is 5.34. The van der Waals surface area contributed by atoms with Crippen molar-refractivity contribution in [2.45, 2.75) is 6.18 Å². The highest BCUT2D eigenvalue weighted by molar-refractivity contribution is 5.68. The standard InChI is InChI=1S/C21H12F3N5O4/c22-21(23,24)15-5-11-16(12-6-15)27-19(13-1-7-17(8-2-13)28(30)31)25-26-20(27)14-3-9-18(10-4-14)29(32)33/h1-12H. The summed E-state index contributed by atoms with van der Waals surface area (Å²) in [4.78, 5) is 20.8. The molecule has 0 N–H and O–H groups in total. The van der Waals surface area contributed by atoms with Crippen molar-refractivity contribution >= 4 is 11.4 Å². The zero-order chi connectivity index (χ0) is 23.8. The lowest BCUT2D eigenvalue weighted by atomic mass is 10.1. The molecule has 1 heterocycles. The number of benzene rings is 3. The SMILES string of the molecule is O=[N+]([O-])c1ccc(-c2nnc(-c3ccc([N+](=O)[O-])cc3)n2-c2ccc(C(F)(F)F)cc2)cc1. The largest absolute Gasteiger partial charge is 0.416 e. The number of non-ortho nitro benzene ring substituents is 2. The highest BCUT2D eigenvalue weighted by atomic mass is 19.4. The molecule has 4 rings (SSSR count). The van der Waals surface area contributed by atoms with E-state index in [9.17, 15) is 33.4 Å². The predicted octanol–water partition coefficient (Wildman–Crippen LogP) is 5.44. The van der Waals surface area contributed by atoms with Gasteiger partial charge in [0.15, 0.2) is 11.6 Å². The average Bonchev–Trinajstić information content (AvgIpc) is 3.24. The lowest BCUT2D eigenvalue weighted by Gasteiger charge is -2.12. The van der Waals surface area contributed by atoms with E-state index in [2.05, 4.69) is 10.2 Å². The molecule has 0 saturated carbocycles. The van der Waals surface area contributed by atoms with Crippen molar-refractivity contribution in [3.63, 3.8) is 0 Å². The highest BCUT2D eigenvalue weighted by Crippen LogP contribution is 2.33. The number of alkyl halides is 3. The summed E-state index contributed by atoms with van der Waals surface area (Å²) in [6.45, 7) is 0. The number of hydrogen-bond acceptors (Lipinski definition) is 6. The van der Waals surface area contributed by atoms with Crippen molar-refractivity contribution in [3.05, 3.63) is 98.6 Å². The maximum absolute atomic E-state index is 13.0. The molecule has 0 amide bonds. The van der Waals surface area contributed by atoms with Crippen LogP contribution >= 0.6 is 0 Å². The second-order valence-corrected chi connectivity index (χ2v) is 6.84. The number of rotatable bonds is 5.